The van der Waals surface area contributed by atoms with Crippen molar-refractivity contribution in [2.24, 2.45) is 0 Å². The highest BCUT2D eigenvalue weighted by Crippen LogP contribution is 2.28. The van der Waals surface area contributed by atoms with Crippen molar-refractivity contribution < 1.29 is 18.0 Å². The van der Waals surface area contributed by atoms with Crippen molar-refractivity contribution >= 4 is 29.0 Å². The predicted octanol–water partition coefficient (Wildman–Crippen LogP) is 4.22. The molecule has 27 heavy (non-hydrogen) atoms. The summed E-state index contributed by atoms with van der Waals surface area (Å²) in [6.07, 6.45) is 0.143. The van der Waals surface area contributed by atoms with E-state index >= 15 is 0 Å². The average Bonchev–Trinajstić information content (AvgIpc) is 2.67. The number of thioether (sulfide) groups is 1. The summed E-state index contributed by atoms with van der Waals surface area (Å²) in [4.78, 5) is 21.5. The maximum Gasteiger partial charge on any atom is 0.433 e. The summed E-state index contributed by atoms with van der Waals surface area (Å²) in [5.74, 6) is -0.401. The number of anilines is 2. The van der Waals surface area contributed by atoms with Gasteiger partial charge in [0.05, 0.1) is 5.75 Å². The maximum atomic E-state index is 12.6. The minimum atomic E-state index is -4.53. The van der Waals surface area contributed by atoms with Crippen LogP contribution in [-0.2, 0) is 11.0 Å². The van der Waals surface area contributed by atoms with Crippen LogP contribution in [0.2, 0.25) is 0 Å². The second kappa shape index (κ2) is 8.60. The first-order valence-corrected chi connectivity index (χ1v) is 9.58. The van der Waals surface area contributed by atoms with Crippen LogP contribution < -0.4 is 10.2 Å². The number of hydrogen-bond donors (Lipinski definition) is 1. The molecule has 0 bridgehead atoms. The zero-order valence-corrected chi connectivity index (χ0v) is 15.3. The highest BCUT2D eigenvalue weighted by Gasteiger charge is 2.32. The molecule has 3 rings (SSSR count). The second-order valence-corrected chi connectivity index (χ2v) is 7.10. The summed E-state index contributed by atoms with van der Waals surface area (Å²) in [6, 6.07) is 8.38. The largest absolute Gasteiger partial charge is 0.433 e. The third-order valence-corrected chi connectivity index (χ3v) is 4.99. The maximum absolute atomic E-state index is 12.6. The van der Waals surface area contributed by atoms with Crippen molar-refractivity contribution in [3.63, 3.8) is 0 Å². The summed E-state index contributed by atoms with van der Waals surface area (Å²) in [5.41, 5.74) is 0.750. The number of alkyl halides is 3. The fourth-order valence-electron chi connectivity index (χ4n) is 2.80. The molecule has 144 valence electrons. The molecule has 2 heterocycles. The number of amides is 1. The zero-order valence-electron chi connectivity index (χ0n) is 14.5. The summed E-state index contributed by atoms with van der Waals surface area (Å²) in [7, 11) is 0. The van der Waals surface area contributed by atoms with E-state index < -0.39 is 11.9 Å². The van der Waals surface area contributed by atoms with E-state index in [0.29, 0.717) is 5.69 Å². The lowest BCUT2D eigenvalue weighted by atomic mass is 10.1. The fraction of sp³-hybridized carbons (Fsp3) is 0.389. The van der Waals surface area contributed by atoms with Crippen LogP contribution in [0.1, 0.15) is 25.0 Å². The number of nitrogens with zero attached hydrogens (tertiary/aromatic N) is 3. The quantitative estimate of drug-likeness (QED) is 0.606. The van der Waals surface area contributed by atoms with Crippen LogP contribution in [0, 0.1) is 0 Å². The second-order valence-electron chi connectivity index (χ2n) is 6.15. The van der Waals surface area contributed by atoms with E-state index in [1.54, 1.807) is 0 Å². The number of hydrogen-bond acceptors (Lipinski definition) is 5. The summed E-state index contributed by atoms with van der Waals surface area (Å²) in [6.45, 7) is 2.08. The monoisotopic (exact) mass is 396 g/mol. The molecule has 0 radical (unpaired) electrons. The van der Waals surface area contributed by atoms with Gasteiger partial charge in [0.2, 0.25) is 5.91 Å². The fourth-order valence-corrected chi connectivity index (χ4v) is 3.43. The van der Waals surface area contributed by atoms with Crippen LogP contribution >= 0.6 is 11.8 Å². The zero-order chi connectivity index (χ0) is 19.3. The molecular formula is C18H19F3N4OS. The lowest BCUT2D eigenvalue weighted by Gasteiger charge is -2.28. The number of carbonyl (C=O) groups excluding carboxylic acids is 1. The van der Waals surface area contributed by atoms with Gasteiger partial charge in [-0.05, 0) is 49.6 Å². The van der Waals surface area contributed by atoms with E-state index in [1.807, 2.05) is 24.3 Å². The van der Waals surface area contributed by atoms with Gasteiger partial charge in [0.1, 0.15) is 5.69 Å². The molecule has 0 aliphatic carbocycles. The Morgan fingerprint density at radius 1 is 1.11 bits per heavy atom. The van der Waals surface area contributed by atoms with Gasteiger partial charge in [0.25, 0.3) is 0 Å². The first-order chi connectivity index (χ1) is 12.9. The number of benzene rings is 1. The van der Waals surface area contributed by atoms with E-state index in [1.165, 1.54) is 19.3 Å². The minimum absolute atomic E-state index is 0.0742. The van der Waals surface area contributed by atoms with Crippen molar-refractivity contribution in [3.8, 4) is 0 Å². The van der Waals surface area contributed by atoms with Gasteiger partial charge in [-0.1, -0.05) is 11.8 Å². The van der Waals surface area contributed by atoms with Crippen molar-refractivity contribution in [3.05, 3.63) is 42.2 Å². The third-order valence-electron chi connectivity index (χ3n) is 4.13. The first-order valence-electron chi connectivity index (χ1n) is 8.60. The SMILES string of the molecule is O=C(CSc1nccc(C(F)(F)F)n1)Nc1ccc(N2CCCCC2)cc1. The van der Waals surface area contributed by atoms with E-state index in [2.05, 4.69) is 20.2 Å². The number of halogens is 3. The molecular weight excluding hydrogens is 377 g/mol. The van der Waals surface area contributed by atoms with Gasteiger partial charge in [-0.25, -0.2) is 9.97 Å². The third kappa shape index (κ3) is 5.59. The Labute approximate surface area is 159 Å². The van der Waals surface area contributed by atoms with Gasteiger partial charge in [-0.3, -0.25) is 4.79 Å². The smallest absolute Gasteiger partial charge is 0.372 e. The molecule has 1 aliphatic heterocycles. The topological polar surface area (TPSA) is 58.1 Å². The lowest BCUT2D eigenvalue weighted by Crippen LogP contribution is -2.29. The molecule has 0 spiro atoms. The van der Waals surface area contributed by atoms with Crippen LogP contribution in [0.5, 0.6) is 0 Å². The molecule has 9 heteroatoms. The van der Waals surface area contributed by atoms with Crippen LogP contribution in [0.15, 0.2) is 41.7 Å². The summed E-state index contributed by atoms with van der Waals surface area (Å²) in [5, 5.41) is 2.65. The van der Waals surface area contributed by atoms with Gasteiger partial charge in [-0.2, -0.15) is 13.2 Å². The average molecular weight is 396 g/mol. The Morgan fingerprint density at radius 2 is 1.81 bits per heavy atom. The summed E-state index contributed by atoms with van der Waals surface area (Å²) < 4.78 is 37.9. The molecule has 5 nitrogen and oxygen atoms in total. The highest BCUT2D eigenvalue weighted by molar-refractivity contribution is 7.99. The van der Waals surface area contributed by atoms with Gasteiger partial charge < -0.3 is 10.2 Å². The van der Waals surface area contributed by atoms with Crippen molar-refractivity contribution in [2.75, 3.05) is 29.1 Å². The Bertz CT molecular complexity index is 777. The number of nitrogens with one attached hydrogen (secondary N) is 1. The Morgan fingerprint density at radius 3 is 2.48 bits per heavy atom. The normalized spacial score (nSPS) is 14.9. The summed E-state index contributed by atoms with van der Waals surface area (Å²) >= 11 is 0.861. The van der Waals surface area contributed by atoms with E-state index in [-0.39, 0.29) is 16.8 Å². The Hall–Kier alpha value is -2.29. The molecule has 0 saturated carbocycles. The Kier molecular flexibility index (Phi) is 6.20. The molecule has 0 unspecified atom stereocenters. The van der Waals surface area contributed by atoms with Gasteiger partial charge in [0, 0.05) is 30.7 Å². The van der Waals surface area contributed by atoms with Crippen molar-refractivity contribution in [2.45, 2.75) is 30.6 Å². The molecule has 1 amide bonds. The highest BCUT2D eigenvalue weighted by atomic mass is 32.2. The van der Waals surface area contributed by atoms with Crippen LogP contribution in [0.3, 0.4) is 0 Å². The molecule has 1 N–H and O–H groups in total. The first kappa shape index (κ1) is 19.5. The van der Waals surface area contributed by atoms with Crippen molar-refractivity contribution in [1.29, 1.82) is 0 Å². The van der Waals surface area contributed by atoms with Gasteiger partial charge >= 0.3 is 6.18 Å². The molecule has 1 aromatic heterocycles. The predicted molar refractivity (Wildman–Crippen MR) is 98.9 cm³/mol. The van der Waals surface area contributed by atoms with Crippen molar-refractivity contribution in [1.82, 2.24) is 9.97 Å². The molecule has 1 aliphatic rings. The number of rotatable bonds is 5. The van der Waals surface area contributed by atoms with E-state index in [9.17, 15) is 18.0 Å². The molecule has 2 aromatic rings. The minimum Gasteiger partial charge on any atom is -0.372 e. The van der Waals surface area contributed by atoms with Crippen LogP contribution in [0.4, 0.5) is 24.5 Å². The Balaban J connectivity index is 1.52. The van der Waals surface area contributed by atoms with E-state index in [0.717, 1.165) is 42.8 Å². The van der Waals surface area contributed by atoms with E-state index in [4.69, 9.17) is 0 Å². The number of aromatic nitrogens is 2. The molecule has 1 fully saturated rings. The van der Waals surface area contributed by atoms with Crippen LogP contribution in [0.25, 0.3) is 0 Å². The van der Waals surface area contributed by atoms with Crippen LogP contribution in [-0.4, -0.2) is 34.7 Å². The molecule has 1 saturated heterocycles. The molecule has 1 aromatic carbocycles. The van der Waals surface area contributed by atoms with Gasteiger partial charge in [-0.15, -0.1) is 0 Å². The number of piperidine rings is 1. The molecule has 0 atom stereocenters. The van der Waals surface area contributed by atoms with Gasteiger partial charge in [0.15, 0.2) is 5.16 Å². The lowest BCUT2D eigenvalue weighted by molar-refractivity contribution is -0.141. The standard InChI is InChI=1S/C18H19F3N4OS/c19-18(20,21)15-8-9-22-17(24-15)27-12-16(26)23-13-4-6-14(7-5-13)25-10-2-1-3-11-25/h4-9H,1-3,10-12H2,(H,23,26). The number of carbonyl (C=O) groups is 1.